The second-order valence-electron chi connectivity index (χ2n) is 7.97. The molecule has 0 aliphatic carbocycles. The molecule has 0 unspecified atom stereocenters. The molecule has 0 N–H and O–H groups in total. The molecule has 0 saturated carbocycles. The number of likely N-dealkylation sites (N-methyl/N-ethyl adjacent to an activating group) is 1. The predicted octanol–water partition coefficient (Wildman–Crippen LogP) is 4.15. The van der Waals surface area contributed by atoms with Crippen molar-refractivity contribution in [2.45, 2.75) is 91.8 Å². The van der Waals surface area contributed by atoms with Crippen LogP contribution in [-0.4, -0.2) is 41.2 Å². The first-order chi connectivity index (χ1) is 8.89. The first-order valence-electron chi connectivity index (χ1n) is 7.92. The van der Waals surface area contributed by atoms with Gasteiger partial charge in [-0.05, 0) is 54.9 Å². The molecule has 0 aliphatic rings. The van der Waals surface area contributed by atoms with Gasteiger partial charge in [0.1, 0.15) is 0 Å². The number of ether oxygens (including phenoxy) is 1. The summed E-state index contributed by atoms with van der Waals surface area (Å²) in [5.41, 5.74) is -0.0553. The molecule has 0 bridgehead atoms. The number of nitrogens with zero attached hydrogens (tertiary/aromatic N) is 1. The van der Waals surface area contributed by atoms with E-state index in [2.05, 4.69) is 55.5 Å². The van der Waals surface area contributed by atoms with Crippen molar-refractivity contribution in [2.24, 2.45) is 0 Å². The van der Waals surface area contributed by atoms with Gasteiger partial charge < -0.3 is 9.22 Å². The summed E-state index contributed by atoms with van der Waals surface area (Å²) in [7, 11) is 2.16. The molecule has 3 heteroatoms. The standard InChI is InChI=1S/C17H36NO2/c1-10-11-12-13-20-15(19)14(2)18(9,16(3,4)5)17(6,7)8/h14H,10-13H2,1-9H3/q+1/t14-/m0/s1. The van der Waals surface area contributed by atoms with Crippen LogP contribution in [0.2, 0.25) is 0 Å². The number of carbonyl (C=O) groups excluding carboxylic acids is 1. The van der Waals surface area contributed by atoms with E-state index in [1.807, 2.05) is 6.92 Å². The lowest BCUT2D eigenvalue weighted by Crippen LogP contribution is -2.72. The number of hydrogen-bond acceptors (Lipinski definition) is 2. The summed E-state index contributed by atoms with van der Waals surface area (Å²) >= 11 is 0. The molecule has 0 aromatic carbocycles. The minimum absolute atomic E-state index is 0.0277. The summed E-state index contributed by atoms with van der Waals surface area (Å²) in [4.78, 5) is 12.4. The molecule has 3 nitrogen and oxygen atoms in total. The van der Waals surface area contributed by atoms with E-state index < -0.39 is 0 Å². The maximum absolute atomic E-state index is 12.4. The van der Waals surface area contributed by atoms with E-state index in [1.165, 1.54) is 0 Å². The zero-order valence-electron chi connectivity index (χ0n) is 15.2. The molecular weight excluding hydrogens is 250 g/mol. The first-order valence-corrected chi connectivity index (χ1v) is 7.92. The fourth-order valence-corrected chi connectivity index (χ4v) is 3.02. The van der Waals surface area contributed by atoms with Crippen molar-refractivity contribution in [3.8, 4) is 0 Å². The highest BCUT2D eigenvalue weighted by Gasteiger charge is 2.52. The van der Waals surface area contributed by atoms with Crippen LogP contribution in [-0.2, 0) is 9.53 Å². The lowest BCUT2D eigenvalue weighted by Gasteiger charge is -2.56. The summed E-state index contributed by atoms with van der Waals surface area (Å²) in [6, 6.07) is -0.170. The van der Waals surface area contributed by atoms with E-state index >= 15 is 0 Å². The van der Waals surface area contributed by atoms with Crippen LogP contribution < -0.4 is 0 Å². The van der Waals surface area contributed by atoms with Crippen LogP contribution in [0.15, 0.2) is 0 Å². The number of carbonyl (C=O) groups is 1. The topological polar surface area (TPSA) is 26.3 Å². The minimum atomic E-state index is -0.170. The molecule has 0 spiro atoms. The molecule has 0 fully saturated rings. The van der Waals surface area contributed by atoms with Crippen molar-refractivity contribution in [1.29, 1.82) is 0 Å². The number of quaternary nitrogens is 1. The van der Waals surface area contributed by atoms with Crippen LogP contribution in [0.3, 0.4) is 0 Å². The summed E-state index contributed by atoms with van der Waals surface area (Å²) in [6.07, 6.45) is 3.22. The highest BCUT2D eigenvalue weighted by atomic mass is 16.5. The summed E-state index contributed by atoms with van der Waals surface area (Å²) in [5, 5.41) is 0. The number of rotatable bonds is 6. The van der Waals surface area contributed by atoms with Crippen molar-refractivity contribution in [2.75, 3.05) is 13.7 Å². The van der Waals surface area contributed by atoms with Gasteiger partial charge in [0.15, 0.2) is 6.04 Å². The van der Waals surface area contributed by atoms with Crippen LogP contribution in [0.5, 0.6) is 0 Å². The van der Waals surface area contributed by atoms with Crippen LogP contribution >= 0.6 is 0 Å². The molecule has 120 valence electrons. The summed E-state index contributed by atoms with van der Waals surface area (Å²) < 4.78 is 6.15. The molecule has 0 aromatic heterocycles. The fraction of sp³-hybridized carbons (Fsp3) is 0.941. The van der Waals surface area contributed by atoms with Gasteiger partial charge in [0.2, 0.25) is 0 Å². The SMILES string of the molecule is CCCCCOC(=O)[C@H](C)[N+](C)(C(C)(C)C)C(C)(C)C. The van der Waals surface area contributed by atoms with Gasteiger partial charge in [0, 0.05) is 0 Å². The van der Waals surface area contributed by atoms with E-state index in [0.29, 0.717) is 11.1 Å². The van der Waals surface area contributed by atoms with Gasteiger partial charge in [-0.2, -0.15) is 0 Å². The first kappa shape index (κ1) is 19.4. The molecular formula is C17H36NO2+. The van der Waals surface area contributed by atoms with E-state index in [1.54, 1.807) is 0 Å². The Bertz CT molecular complexity index is 296. The van der Waals surface area contributed by atoms with Gasteiger partial charge in [-0.3, -0.25) is 0 Å². The maximum Gasteiger partial charge on any atom is 0.364 e. The van der Waals surface area contributed by atoms with Crippen LogP contribution in [0.25, 0.3) is 0 Å². The summed E-state index contributed by atoms with van der Waals surface area (Å²) in [5.74, 6) is -0.0755. The van der Waals surface area contributed by atoms with E-state index in [0.717, 1.165) is 19.3 Å². The number of esters is 1. The van der Waals surface area contributed by atoms with Crippen LogP contribution in [0.4, 0.5) is 0 Å². The number of hydrogen-bond donors (Lipinski definition) is 0. The second-order valence-corrected chi connectivity index (χ2v) is 7.97. The third kappa shape index (κ3) is 4.21. The van der Waals surface area contributed by atoms with Crippen molar-refractivity contribution < 1.29 is 14.0 Å². The van der Waals surface area contributed by atoms with E-state index in [9.17, 15) is 4.79 Å². The Morgan fingerprint density at radius 3 is 1.85 bits per heavy atom. The van der Waals surface area contributed by atoms with Crippen molar-refractivity contribution in [3.05, 3.63) is 0 Å². The van der Waals surface area contributed by atoms with E-state index in [-0.39, 0.29) is 23.1 Å². The Balaban J connectivity index is 4.99. The maximum atomic E-state index is 12.4. The molecule has 20 heavy (non-hydrogen) atoms. The lowest BCUT2D eigenvalue weighted by molar-refractivity contribution is -1.01. The zero-order chi connectivity index (χ0) is 16.2. The molecule has 0 rings (SSSR count). The average molecular weight is 286 g/mol. The Morgan fingerprint density at radius 2 is 1.50 bits per heavy atom. The smallest absolute Gasteiger partial charge is 0.364 e. The van der Waals surface area contributed by atoms with Gasteiger partial charge in [0.25, 0.3) is 0 Å². The Kier molecular flexibility index (Phi) is 6.73. The fourth-order valence-electron chi connectivity index (χ4n) is 3.02. The van der Waals surface area contributed by atoms with Gasteiger partial charge in [0.05, 0.1) is 24.7 Å². The van der Waals surface area contributed by atoms with Crippen molar-refractivity contribution in [1.82, 2.24) is 0 Å². The summed E-state index contributed by atoms with van der Waals surface area (Å²) in [6.45, 7) is 17.9. The van der Waals surface area contributed by atoms with Gasteiger partial charge in [-0.15, -0.1) is 0 Å². The van der Waals surface area contributed by atoms with Gasteiger partial charge in [-0.25, -0.2) is 4.79 Å². The molecule has 0 saturated heterocycles. The molecule has 0 heterocycles. The normalized spacial score (nSPS) is 15.1. The van der Waals surface area contributed by atoms with E-state index in [4.69, 9.17) is 4.74 Å². The average Bonchev–Trinajstić information content (AvgIpc) is 2.29. The second kappa shape index (κ2) is 6.93. The molecule has 0 amide bonds. The Morgan fingerprint density at radius 1 is 1.05 bits per heavy atom. The Labute approximate surface area is 126 Å². The van der Waals surface area contributed by atoms with Crippen molar-refractivity contribution >= 4 is 5.97 Å². The zero-order valence-corrected chi connectivity index (χ0v) is 15.2. The number of unbranched alkanes of at least 4 members (excludes halogenated alkanes) is 2. The molecule has 0 aromatic rings. The van der Waals surface area contributed by atoms with Crippen LogP contribution in [0.1, 0.15) is 74.7 Å². The molecule has 0 radical (unpaired) electrons. The third-order valence-corrected chi connectivity index (χ3v) is 4.89. The predicted molar refractivity (Wildman–Crippen MR) is 85.6 cm³/mol. The monoisotopic (exact) mass is 286 g/mol. The Hall–Kier alpha value is -0.570. The highest BCUT2D eigenvalue weighted by Crippen LogP contribution is 2.36. The van der Waals surface area contributed by atoms with Gasteiger partial charge in [-0.1, -0.05) is 19.8 Å². The molecule has 1 atom stereocenters. The van der Waals surface area contributed by atoms with Gasteiger partial charge >= 0.3 is 5.97 Å². The molecule has 0 aliphatic heterocycles. The highest BCUT2D eigenvalue weighted by molar-refractivity contribution is 5.74. The van der Waals surface area contributed by atoms with Crippen LogP contribution in [0, 0.1) is 0 Å². The lowest BCUT2D eigenvalue weighted by atomic mass is 9.88. The largest absolute Gasteiger partial charge is 0.461 e. The third-order valence-electron chi connectivity index (χ3n) is 4.89. The van der Waals surface area contributed by atoms with Crippen molar-refractivity contribution in [3.63, 3.8) is 0 Å². The quantitative estimate of drug-likeness (QED) is 0.416. The minimum Gasteiger partial charge on any atom is -0.461 e.